The number of H-pyrrole nitrogens is 1. The Hall–Kier alpha value is -4.59. The van der Waals surface area contributed by atoms with Gasteiger partial charge in [-0.2, -0.15) is 5.21 Å². The molecule has 42 heavy (non-hydrogen) atoms. The molecule has 5 rings (SSSR count). The van der Waals surface area contributed by atoms with Crippen molar-refractivity contribution in [1.82, 2.24) is 25.5 Å². The Bertz CT molecular complexity index is 1460. The van der Waals surface area contributed by atoms with E-state index in [-0.39, 0.29) is 18.0 Å². The van der Waals surface area contributed by atoms with Gasteiger partial charge in [-0.15, -0.1) is 10.2 Å². The number of hydrogen-bond donors (Lipinski definition) is 1. The zero-order valence-electron chi connectivity index (χ0n) is 24.1. The average Bonchev–Trinajstić information content (AvgIpc) is 3.71. The lowest BCUT2D eigenvalue weighted by atomic mass is 9.66. The van der Waals surface area contributed by atoms with Crippen LogP contribution < -0.4 is 0 Å². The smallest absolute Gasteiger partial charge is 0.337 e. The third-order valence-corrected chi connectivity index (χ3v) is 8.56. The zero-order chi connectivity index (χ0) is 29.9. The maximum absolute atomic E-state index is 13.1. The van der Waals surface area contributed by atoms with E-state index in [4.69, 9.17) is 16.0 Å². The molecule has 1 N–H and O–H groups in total. The van der Waals surface area contributed by atoms with Crippen LogP contribution in [0.4, 0.5) is 0 Å². The number of carbonyl (C=O) groups is 3. The molecule has 0 spiro atoms. The number of benzene rings is 2. The number of amides is 1. The number of esters is 2. The predicted molar refractivity (Wildman–Crippen MR) is 151 cm³/mol. The second kappa shape index (κ2) is 12.1. The Morgan fingerprint density at radius 1 is 1.07 bits per heavy atom. The van der Waals surface area contributed by atoms with Crippen LogP contribution in [0.1, 0.15) is 87.8 Å². The summed E-state index contributed by atoms with van der Waals surface area (Å²) >= 11 is 0. The molecule has 1 saturated heterocycles. The van der Waals surface area contributed by atoms with Crippen molar-refractivity contribution in [1.29, 1.82) is 0 Å². The minimum Gasteiger partial charge on any atom is -0.465 e. The summed E-state index contributed by atoms with van der Waals surface area (Å²) in [5.41, 5.74) is 3.76. The summed E-state index contributed by atoms with van der Waals surface area (Å²) in [6, 6.07) is 11.1. The molecular formula is C31H34N6O5. The van der Waals surface area contributed by atoms with Gasteiger partial charge < -0.3 is 9.47 Å². The fraction of sp³-hybridized carbons (Fsp3) is 0.452. The molecule has 1 aliphatic carbocycles. The van der Waals surface area contributed by atoms with Gasteiger partial charge in [0.05, 0.1) is 30.8 Å². The van der Waals surface area contributed by atoms with E-state index in [0.717, 1.165) is 35.1 Å². The summed E-state index contributed by atoms with van der Waals surface area (Å²) in [4.78, 5) is 43.3. The van der Waals surface area contributed by atoms with Crippen LogP contribution in [0.5, 0.6) is 0 Å². The quantitative estimate of drug-likeness (QED) is 0.319. The van der Waals surface area contributed by atoms with Crippen LogP contribution in [0.25, 0.3) is 4.85 Å². The van der Waals surface area contributed by atoms with Gasteiger partial charge in [0.2, 0.25) is 5.91 Å². The predicted octanol–water partition coefficient (Wildman–Crippen LogP) is 3.88. The molecule has 11 nitrogen and oxygen atoms in total. The highest BCUT2D eigenvalue weighted by molar-refractivity contribution is 5.90. The van der Waals surface area contributed by atoms with Crippen molar-refractivity contribution in [2.75, 3.05) is 20.8 Å². The van der Waals surface area contributed by atoms with Crippen LogP contribution in [-0.4, -0.2) is 70.3 Å². The average molecular weight is 571 g/mol. The highest BCUT2D eigenvalue weighted by Gasteiger charge is 2.46. The lowest BCUT2D eigenvalue weighted by Gasteiger charge is -2.36. The molecule has 1 amide bonds. The van der Waals surface area contributed by atoms with Gasteiger partial charge in [-0.3, -0.25) is 14.5 Å². The number of carbonyl (C=O) groups excluding carboxylic acids is 3. The molecule has 3 aromatic rings. The molecule has 1 fully saturated rings. The number of aromatic nitrogens is 4. The third-order valence-electron chi connectivity index (χ3n) is 8.56. The molecule has 0 saturated carbocycles. The third kappa shape index (κ3) is 5.24. The van der Waals surface area contributed by atoms with Crippen LogP contribution in [0, 0.1) is 12.5 Å². The number of tetrazole rings is 1. The molecule has 11 heteroatoms. The number of methoxy groups -OCH3 is 2. The minimum atomic E-state index is -0.882. The van der Waals surface area contributed by atoms with E-state index >= 15 is 0 Å². The Morgan fingerprint density at radius 2 is 1.69 bits per heavy atom. The van der Waals surface area contributed by atoms with Crippen LogP contribution >= 0.6 is 0 Å². The number of ether oxygens (including phenoxy) is 2. The Morgan fingerprint density at radius 3 is 2.21 bits per heavy atom. The summed E-state index contributed by atoms with van der Waals surface area (Å²) in [6.07, 6.45) is 3.90. The van der Waals surface area contributed by atoms with Gasteiger partial charge in [-0.25, -0.2) is 16.2 Å². The van der Waals surface area contributed by atoms with E-state index in [0.29, 0.717) is 55.6 Å². The topological polar surface area (TPSA) is 132 Å². The summed E-state index contributed by atoms with van der Waals surface area (Å²) < 4.78 is 9.98. The summed E-state index contributed by atoms with van der Waals surface area (Å²) in [6.45, 7) is 10.2. The number of hydrogen-bond acceptors (Lipinski definition) is 8. The van der Waals surface area contributed by atoms with Crippen molar-refractivity contribution in [3.8, 4) is 0 Å². The van der Waals surface area contributed by atoms with Crippen molar-refractivity contribution in [3.63, 3.8) is 0 Å². The van der Waals surface area contributed by atoms with E-state index in [2.05, 4.69) is 32.4 Å². The molecule has 0 bridgehead atoms. The fourth-order valence-electron chi connectivity index (χ4n) is 6.55. The molecular weight excluding hydrogens is 536 g/mol. The van der Waals surface area contributed by atoms with Gasteiger partial charge in [-0.05, 0) is 84.5 Å². The first kappa shape index (κ1) is 28.9. The Balaban J connectivity index is 1.59. The van der Waals surface area contributed by atoms with Gasteiger partial charge in [0.15, 0.2) is 5.82 Å². The van der Waals surface area contributed by atoms with Crippen molar-refractivity contribution in [2.24, 2.45) is 5.92 Å². The molecule has 0 radical (unpaired) electrons. The number of rotatable bonds is 8. The van der Waals surface area contributed by atoms with Crippen LogP contribution in [0.2, 0.25) is 0 Å². The molecule has 218 valence electrons. The second-order valence-corrected chi connectivity index (χ2v) is 11.1. The van der Waals surface area contributed by atoms with Crippen molar-refractivity contribution >= 4 is 17.8 Å². The minimum absolute atomic E-state index is 0.000988. The van der Waals surface area contributed by atoms with Crippen molar-refractivity contribution in [3.05, 3.63) is 87.0 Å². The van der Waals surface area contributed by atoms with E-state index in [1.807, 2.05) is 24.3 Å². The molecule has 1 aromatic heterocycles. The summed E-state index contributed by atoms with van der Waals surface area (Å²) in [5, 5.41) is 15.5. The zero-order valence-corrected chi connectivity index (χ0v) is 24.1. The van der Waals surface area contributed by atoms with Gasteiger partial charge in [0.25, 0.3) is 0 Å². The first-order valence-corrected chi connectivity index (χ1v) is 14.2. The molecule has 2 heterocycles. The number of nitrogens with one attached hydrogen (secondary N) is 1. The molecule has 1 aliphatic heterocycles. The van der Waals surface area contributed by atoms with E-state index in [1.54, 1.807) is 17.0 Å². The summed E-state index contributed by atoms with van der Waals surface area (Å²) in [5.74, 6) is -0.357. The van der Waals surface area contributed by atoms with Gasteiger partial charge in [-0.1, -0.05) is 24.3 Å². The highest BCUT2D eigenvalue weighted by Crippen LogP contribution is 2.48. The monoisotopic (exact) mass is 570 g/mol. The Labute approximate surface area is 244 Å². The first-order chi connectivity index (χ1) is 20.3. The number of fused-ring (bicyclic) bond motifs is 2. The first-order valence-electron chi connectivity index (χ1n) is 14.2. The summed E-state index contributed by atoms with van der Waals surface area (Å²) in [7, 11) is 2.71. The lowest BCUT2D eigenvalue weighted by molar-refractivity contribution is -0.131. The van der Waals surface area contributed by atoms with Crippen LogP contribution in [0.3, 0.4) is 0 Å². The van der Waals surface area contributed by atoms with E-state index < -0.39 is 17.4 Å². The highest BCUT2D eigenvalue weighted by atomic mass is 16.5. The molecule has 2 atom stereocenters. The number of aromatic amines is 1. The Kier molecular flexibility index (Phi) is 8.34. The molecule has 2 aromatic carbocycles. The SMILES string of the molecule is [C-]#[N+][C@@H]1CCCN1C(=O)CC[C@@H](C)CC1(c2nn[nH]n2)c2ccc(C(=O)OC)cc2CCc2cc(C(=O)OC)ccc21. The maximum atomic E-state index is 13.1. The second-order valence-electron chi connectivity index (χ2n) is 11.1. The number of aryl methyl sites for hydroxylation is 2. The van der Waals surface area contributed by atoms with Crippen molar-refractivity contribution in [2.45, 2.75) is 63.5 Å². The van der Waals surface area contributed by atoms with Gasteiger partial charge in [0.1, 0.15) is 0 Å². The normalized spacial score (nSPS) is 17.8. The van der Waals surface area contributed by atoms with E-state index in [1.165, 1.54) is 14.2 Å². The number of nitrogens with zero attached hydrogens (tertiary/aromatic N) is 5. The van der Waals surface area contributed by atoms with Crippen LogP contribution in [-0.2, 0) is 32.5 Å². The number of likely N-dealkylation sites (tertiary alicyclic amines) is 1. The largest absolute Gasteiger partial charge is 0.465 e. The van der Waals surface area contributed by atoms with Crippen molar-refractivity contribution < 1.29 is 23.9 Å². The van der Waals surface area contributed by atoms with Gasteiger partial charge >= 0.3 is 18.1 Å². The maximum Gasteiger partial charge on any atom is 0.337 e. The standard InChI is InChI=1S/C31H34N6O5/c1-19(7-14-27(38)37-15-5-6-26(37)32-2)18-31(30-33-35-36-34-30)24-12-10-22(28(39)41-3)16-20(24)8-9-21-17-23(29(40)42-4)11-13-25(21)31/h10-13,16-17,19,26H,5-9,14-15,18H2,1,3-4H3,(H,33,34,35,36)/t19-,26+/m1/s1. The van der Waals surface area contributed by atoms with Gasteiger partial charge in [0, 0.05) is 19.4 Å². The van der Waals surface area contributed by atoms with Crippen LogP contribution in [0.15, 0.2) is 36.4 Å². The fourth-order valence-corrected chi connectivity index (χ4v) is 6.55. The molecule has 2 aliphatic rings. The van der Waals surface area contributed by atoms with E-state index in [9.17, 15) is 14.4 Å². The molecule has 0 unspecified atom stereocenters. The lowest BCUT2D eigenvalue weighted by Crippen LogP contribution is -2.36.